The van der Waals surface area contributed by atoms with Crippen molar-refractivity contribution >= 4 is 30.7 Å². The van der Waals surface area contributed by atoms with Crippen LogP contribution in [0.25, 0.3) is 0 Å². The van der Waals surface area contributed by atoms with Crippen molar-refractivity contribution < 1.29 is 22.2 Å². The molecule has 0 bridgehead atoms. The summed E-state index contributed by atoms with van der Waals surface area (Å²) in [6.07, 6.45) is 1.54. The van der Waals surface area contributed by atoms with Crippen LogP contribution in [0.2, 0.25) is 18.1 Å². The molecule has 1 aromatic carbocycles. The molecule has 1 saturated heterocycles. The van der Waals surface area contributed by atoms with Gasteiger partial charge in [-0.25, -0.2) is 8.42 Å². The summed E-state index contributed by atoms with van der Waals surface area (Å²) in [6.45, 7) is 19.0. The molecular formula is C22H37BO5SSi. The summed E-state index contributed by atoms with van der Waals surface area (Å²) in [7, 11) is -5.78. The molecule has 5 nitrogen and oxygen atoms in total. The maximum absolute atomic E-state index is 12.7. The monoisotopic (exact) mass is 452 g/mol. The fourth-order valence-electron chi connectivity index (χ4n) is 3.17. The zero-order chi connectivity index (χ0) is 22.8. The van der Waals surface area contributed by atoms with Gasteiger partial charge in [-0.1, -0.05) is 26.8 Å². The average molecular weight is 452 g/mol. The van der Waals surface area contributed by atoms with Gasteiger partial charge in [0.25, 0.3) is 0 Å². The molecule has 0 N–H and O–H groups in total. The molecule has 1 heterocycles. The fraction of sp³-hybridized carbons (Fsp3) is 0.727. The van der Waals surface area contributed by atoms with Crippen LogP contribution in [0.5, 0.6) is 5.75 Å². The summed E-state index contributed by atoms with van der Waals surface area (Å²) in [5, 5.41) is -0.157. The van der Waals surface area contributed by atoms with Crippen molar-refractivity contribution in [3.8, 4) is 5.75 Å². The first-order valence-corrected chi connectivity index (χ1v) is 15.5. The first-order valence-electron chi connectivity index (χ1n) is 10.8. The predicted octanol–water partition coefficient (Wildman–Crippen LogP) is 4.45. The molecule has 3 rings (SSSR count). The molecule has 0 unspecified atom stereocenters. The molecule has 30 heavy (non-hydrogen) atoms. The molecule has 8 heteroatoms. The Labute approximate surface area is 184 Å². The van der Waals surface area contributed by atoms with Crippen molar-refractivity contribution in [2.24, 2.45) is 0 Å². The Hall–Kier alpha value is -0.828. The summed E-state index contributed by atoms with van der Waals surface area (Å²) >= 11 is 0. The normalized spacial score (nSPS) is 21.7. The van der Waals surface area contributed by atoms with Crippen LogP contribution in [0.15, 0.2) is 18.2 Å². The van der Waals surface area contributed by atoms with Crippen molar-refractivity contribution in [1.82, 2.24) is 0 Å². The molecule has 1 aromatic rings. The van der Waals surface area contributed by atoms with E-state index < -0.39 is 36.5 Å². The third-order valence-corrected chi connectivity index (χ3v) is 13.7. The summed E-state index contributed by atoms with van der Waals surface area (Å²) < 4.78 is 44.3. The Kier molecular flexibility index (Phi) is 5.84. The van der Waals surface area contributed by atoms with Gasteiger partial charge < -0.3 is 13.7 Å². The smallest absolute Gasteiger partial charge is 0.494 e. The van der Waals surface area contributed by atoms with Crippen molar-refractivity contribution in [2.75, 3.05) is 0 Å². The average Bonchev–Trinajstić information content (AvgIpc) is 3.33. The van der Waals surface area contributed by atoms with Gasteiger partial charge in [0.2, 0.25) is 8.32 Å². The predicted molar refractivity (Wildman–Crippen MR) is 126 cm³/mol. The molecule has 1 saturated carbocycles. The van der Waals surface area contributed by atoms with Crippen LogP contribution in [0.4, 0.5) is 0 Å². The van der Waals surface area contributed by atoms with Crippen LogP contribution in [0, 0.1) is 0 Å². The maximum atomic E-state index is 12.7. The highest BCUT2D eigenvalue weighted by Crippen LogP contribution is 2.39. The van der Waals surface area contributed by atoms with Gasteiger partial charge in [0.1, 0.15) is 5.75 Å². The Balaban J connectivity index is 1.98. The zero-order valence-electron chi connectivity index (χ0n) is 20.0. The molecule has 0 radical (unpaired) electrons. The molecule has 2 aliphatic rings. The van der Waals surface area contributed by atoms with E-state index in [-0.39, 0.29) is 16.0 Å². The number of hydrogen-bond donors (Lipinski definition) is 0. The second kappa shape index (κ2) is 7.36. The van der Waals surface area contributed by atoms with Crippen molar-refractivity contribution in [1.29, 1.82) is 0 Å². The van der Waals surface area contributed by atoms with E-state index in [0.717, 1.165) is 23.9 Å². The van der Waals surface area contributed by atoms with Crippen LogP contribution < -0.4 is 9.89 Å². The highest BCUT2D eigenvalue weighted by Gasteiger charge is 2.52. The lowest BCUT2D eigenvalue weighted by Crippen LogP contribution is -2.44. The van der Waals surface area contributed by atoms with Crippen molar-refractivity contribution in [3.05, 3.63) is 23.8 Å². The topological polar surface area (TPSA) is 61.8 Å². The van der Waals surface area contributed by atoms with Crippen molar-refractivity contribution in [2.45, 2.75) is 102 Å². The quantitative estimate of drug-likeness (QED) is 0.597. The largest absolute Gasteiger partial charge is 0.544 e. The van der Waals surface area contributed by atoms with Gasteiger partial charge >= 0.3 is 7.12 Å². The Morgan fingerprint density at radius 2 is 1.60 bits per heavy atom. The van der Waals surface area contributed by atoms with Gasteiger partial charge in [0, 0.05) is 0 Å². The number of benzene rings is 1. The first-order chi connectivity index (χ1) is 13.4. The molecular weight excluding hydrogens is 415 g/mol. The van der Waals surface area contributed by atoms with Gasteiger partial charge in [0.15, 0.2) is 9.84 Å². The maximum Gasteiger partial charge on any atom is 0.494 e. The summed E-state index contributed by atoms with van der Waals surface area (Å²) in [6, 6.07) is 5.74. The zero-order valence-corrected chi connectivity index (χ0v) is 21.8. The standard InChI is InChI=1S/C22H37BO5SSi/c1-20(2,3)30(8,9)26-18-13-16(15-29(24,25)19-10-11-19)12-17(14-18)23-27-21(4,5)22(6,7)28-23/h12-14,19H,10-11,15H2,1-9H3. The SMILES string of the molecule is CC1(C)OB(c2cc(CS(=O)(=O)C3CC3)cc(O[Si](C)(C)C(C)(C)C)c2)OC1(C)C. The molecule has 0 atom stereocenters. The van der Waals surface area contributed by atoms with E-state index in [1.54, 1.807) is 0 Å². The van der Waals surface area contributed by atoms with E-state index in [4.69, 9.17) is 13.7 Å². The summed E-state index contributed by atoms with van der Waals surface area (Å²) in [5.41, 5.74) is 0.622. The second-order valence-electron chi connectivity index (χ2n) is 11.4. The number of hydrogen-bond acceptors (Lipinski definition) is 5. The van der Waals surface area contributed by atoms with E-state index in [2.05, 4.69) is 33.9 Å². The molecule has 1 aliphatic heterocycles. The van der Waals surface area contributed by atoms with Gasteiger partial charge in [0.05, 0.1) is 22.2 Å². The van der Waals surface area contributed by atoms with E-state index >= 15 is 0 Å². The minimum absolute atomic E-state index is 0.0267. The van der Waals surface area contributed by atoms with Gasteiger partial charge in [-0.2, -0.15) is 0 Å². The Bertz CT molecular complexity index is 898. The lowest BCUT2D eigenvalue weighted by molar-refractivity contribution is 0.00578. The lowest BCUT2D eigenvalue weighted by atomic mass is 9.78. The number of rotatable bonds is 6. The molecule has 168 valence electrons. The van der Waals surface area contributed by atoms with E-state index in [0.29, 0.717) is 5.75 Å². The second-order valence-corrected chi connectivity index (χ2v) is 18.4. The number of sulfone groups is 1. The van der Waals surface area contributed by atoms with E-state index in [1.807, 2.05) is 45.9 Å². The molecule has 1 aliphatic carbocycles. The highest BCUT2D eigenvalue weighted by atomic mass is 32.2. The van der Waals surface area contributed by atoms with Gasteiger partial charge in [-0.05, 0) is 81.8 Å². The van der Waals surface area contributed by atoms with Crippen molar-refractivity contribution in [3.63, 3.8) is 0 Å². The highest BCUT2D eigenvalue weighted by molar-refractivity contribution is 7.91. The minimum Gasteiger partial charge on any atom is -0.544 e. The molecule has 2 fully saturated rings. The molecule has 0 spiro atoms. The molecule has 0 amide bonds. The third kappa shape index (κ3) is 4.82. The molecule has 0 aromatic heterocycles. The van der Waals surface area contributed by atoms with Gasteiger partial charge in [-0.15, -0.1) is 0 Å². The minimum atomic E-state index is -3.14. The van der Waals surface area contributed by atoms with Crippen LogP contribution >= 0.6 is 0 Å². The first kappa shape index (κ1) is 23.8. The summed E-state index contributed by atoms with van der Waals surface area (Å²) in [4.78, 5) is 0. The Morgan fingerprint density at radius 1 is 1.07 bits per heavy atom. The van der Waals surface area contributed by atoms with E-state index in [1.165, 1.54) is 0 Å². The van der Waals surface area contributed by atoms with Gasteiger partial charge in [-0.3, -0.25) is 0 Å². The third-order valence-electron chi connectivity index (χ3n) is 7.09. The van der Waals surface area contributed by atoms with Crippen LogP contribution in [0.3, 0.4) is 0 Å². The summed E-state index contributed by atoms with van der Waals surface area (Å²) in [5.74, 6) is 0.730. The lowest BCUT2D eigenvalue weighted by Gasteiger charge is -2.36. The van der Waals surface area contributed by atoms with Crippen LogP contribution in [0.1, 0.15) is 66.9 Å². The Morgan fingerprint density at radius 3 is 2.07 bits per heavy atom. The van der Waals surface area contributed by atoms with E-state index in [9.17, 15) is 8.42 Å². The van der Waals surface area contributed by atoms with Crippen LogP contribution in [-0.4, -0.2) is 40.3 Å². The van der Waals surface area contributed by atoms with Crippen LogP contribution in [-0.2, 0) is 24.9 Å². The fourth-order valence-corrected chi connectivity index (χ4v) is 5.90.